The van der Waals surface area contributed by atoms with E-state index in [-0.39, 0.29) is 11.3 Å². The second kappa shape index (κ2) is 4.77. The molecular weight excluding hydrogens is 275 g/mol. The number of alkyl halides is 3. The van der Waals surface area contributed by atoms with E-state index in [0.717, 1.165) is 17.1 Å². The summed E-state index contributed by atoms with van der Waals surface area (Å²) in [6, 6.07) is 3.13. The first kappa shape index (κ1) is 13.7. The fraction of sp³-hybridized carbons (Fsp3) is 0.231. The summed E-state index contributed by atoms with van der Waals surface area (Å²) >= 11 is 1.23. The van der Waals surface area contributed by atoms with E-state index in [1.165, 1.54) is 30.5 Å². The first-order valence-corrected chi connectivity index (χ1v) is 6.25. The van der Waals surface area contributed by atoms with Gasteiger partial charge in [0.25, 0.3) is 0 Å². The van der Waals surface area contributed by atoms with Crippen LogP contribution in [-0.2, 0) is 6.18 Å². The summed E-state index contributed by atoms with van der Waals surface area (Å²) in [5.41, 5.74) is -0.162. The van der Waals surface area contributed by atoms with Crippen LogP contribution >= 0.6 is 11.3 Å². The van der Waals surface area contributed by atoms with Crippen molar-refractivity contribution in [2.24, 2.45) is 0 Å². The molecule has 0 fully saturated rings. The lowest BCUT2D eigenvalue weighted by Crippen LogP contribution is -2.08. The van der Waals surface area contributed by atoms with Crippen LogP contribution in [0.4, 0.5) is 13.2 Å². The van der Waals surface area contributed by atoms with Crippen molar-refractivity contribution in [1.82, 2.24) is 4.98 Å². The molecule has 0 atom stereocenters. The van der Waals surface area contributed by atoms with Gasteiger partial charge in [-0.25, -0.2) is 4.98 Å². The Balaban J connectivity index is 2.39. The number of aryl methyl sites for hydroxylation is 2. The summed E-state index contributed by atoms with van der Waals surface area (Å²) in [6.07, 6.45) is -2.95. The molecule has 0 saturated carbocycles. The summed E-state index contributed by atoms with van der Waals surface area (Å²) in [5, 5.41) is 0.743. The maximum absolute atomic E-state index is 12.5. The monoisotopic (exact) mass is 285 g/mol. The highest BCUT2D eigenvalue weighted by molar-refractivity contribution is 7.13. The summed E-state index contributed by atoms with van der Waals surface area (Å²) in [6.45, 7) is 3.26. The van der Waals surface area contributed by atoms with Crippen LogP contribution in [0.5, 0.6) is 0 Å². The van der Waals surface area contributed by atoms with Crippen molar-refractivity contribution in [3.63, 3.8) is 0 Å². The Morgan fingerprint density at radius 3 is 2.42 bits per heavy atom. The van der Waals surface area contributed by atoms with E-state index < -0.39 is 11.7 Å². The first-order valence-electron chi connectivity index (χ1n) is 5.44. The van der Waals surface area contributed by atoms with E-state index in [0.29, 0.717) is 10.4 Å². The Bertz CT molecular complexity index is 631. The smallest absolute Gasteiger partial charge is 0.288 e. The van der Waals surface area contributed by atoms with E-state index in [1.54, 1.807) is 6.92 Å². The Morgan fingerprint density at radius 1 is 1.26 bits per heavy atom. The quantitative estimate of drug-likeness (QED) is 0.780. The van der Waals surface area contributed by atoms with Crippen molar-refractivity contribution in [2.75, 3.05) is 0 Å². The maximum atomic E-state index is 12.5. The van der Waals surface area contributed by atoms with Gasteiger partial charge in [0.2, 0.25) is 5.78 Å². The number of thiazole rings is 1. The zero-order chi connectivity index (χ0) is 14.2. The van der Waals surface area contributed by atoms with E-state index in [2.05, 4.69) is 4.98 Å². The molecule has 0 aliphatic carbocycles. The van der Waals surface area contributed by atoms with Crippen molar-refractivity contribution in [3.8, 4) is 0 Å². The molecule has 2 aromatic rings. The number of ketones is 1. The highest BCUT2D eigenvalue weighted by Gasteiger charge is 2.31. The predicted molar refractivity (Wildman–Crippen MR) is 66.5 cm³/mol. The molecule has 0 spiro atoms. The number of carbonyl (C=O) groups excluding carboxylic acids is 1. The van der Waals surface area contributed by atoms with Crippen LogP contribution in [0.15, 0.2) is 24.4 Å². The van der Waals surface area contributed by atoms with Gasteiger partial charge in [-0.15, -0.1) is 11.3 Å². The van der Waals surface area contributed by atoms with Gasteiger partial charge in [-0.2, -0.15) is 13.2 Å². The number of hydrogen-bond acceptors (Lipinski definition) is 3. The molecule has 100 valence electrons. The number of halogens is 3. The molecule has 0 aliphatic heterocycles. The summed E-state index contributed by atoms with van der Waals surface area (Å²) < 4.78 is 37.6. The van der Waals surface area contributed by atoms with Crippen molar-refractivity contribution in [3.05, 3.63) is 51.0 Å². The fourth-order valence-corrected chi connectivity index (χ4v) is 2.43. The molecule has 1 heterocycles. The number of aromatic nitrogens is 1. The number of carbonyl (C=O) groups is 1. The average Bonchev–Trinajstić information content (AvgIpc) is 2.73. The number of hydrogen-bond donors (Lipinski definition) is 0. The topological polar surface area (TPSA) is 30.0 Å². The molecule has 1 aromatic carbocycles. The van der Waals surface area contributed by atoms with Crippen molar-refractivity contribution in [1.29, 1.82) is 0 Å². The van der Waals surface area contributed by atoms with Gasteiger partial charge in [0.15, 0.2) is 0 Å². The van der Waals surface area contributed by atoms with Gasteiger partial charge in [-0.05, 0) is 31.5 Å². The second-order valence-electron chi connectivity index (χ2n) is 4.10. The third-order valence-corrected chi connectivity index (χ3v) is 3.55. The molecule has 0 N–H and O–H groups in total. The molecule has 2 nitrogen and oxygen atoms in total. The number of benzene rings is 1. The highest BCUT2D eigenvalue weighted by atomic mass is 32.1. The highest BCUT2D eigenvalue weighted by Crippen LogP contribution is 2.31. The molecule has 2 rings (SSSR count). The summed E-state index contributed by atoms with van der Waals surface area (Å²) in [4.78, 5) is 16.5. The minimum absolute atomic E-state index is 0.275. The molecule has 6 heteroatoms. The van der Waals surface area contributed by atoms with Crippen LogP contribution in [0.1, 0.15) is 31.4 Å². The molecule has 0 aliphatic rings. The Labute approximate surface area is 111 Å². The molecular formula is C13H10F3NOS. The summed E-state index contributed by atoms with van der Waals surface area (Å²) in [7, 11) is 0. The lowest BCUT2D eigenvalue weighted by atomic mass is 10.0. The molecule has 0 bridgehead atoms. The molecule has 0 amide bonds. The van der Waals surface area contributed by atoms with E-state index in [4.69, 9.17) is 0 Å². The van der Waals surface area contributed by atoms with Gasteiger partial charge < -0.3 is 0 Å². The second-order valence-corrected chi connectivity index (χ2v) is 5.33. The Hall–Kier alpha value is -1.69. The largest absolute Gasteiger partial charge is 0.416 e. The van der Waals surface area contributed by atoms with Crippen LogP contribution < -0.4 is 0 Å². The van der Waals surface area contributed by atoms with Gasteiger partial charge in [0, 0.05) is 11.8 Å². The van der Waals surface area contributed by atoms with Crippen molar-refractivity contribution >= 4 is 17.1 Å². The third kappa shape index (κ3) is 2.84. The Morgan fingerprint density at radius 2 is 1.95 bits per heavy atom. The van der Waals surface area contributed by atoms with Crippen LogP contribution in [0, 0.1) is 13.8 Å². The van der Waals surface area contributed by atoms with Gasteiger partial charge in [-0.1, -0.05) is 6.07 Å². The average molecular weight is 285 g/mol. The van der Waals surface area contributed by atoms with Gasteiger partial charge in [0.1, 0.15) is 0 Å². The lowest BCUT2D eigenvalue weighted by molar-refractivity contribution is -0.137. The van der Waals surface area contributed by atoms with Crippen LogP contribution in [0.25, 0.3) is 0 Å². The molecule has 0 unspecified atom stereocenters. The zero-order valence-electron chi connectivity index (χ0n) is 10.2. The Kier molecular flexibility index (Phi) is 3.45. The van der Waals surface area contributed by atoms with E-state index >= 15 is 0 Å². The zero-order valence-corrected chi connectivity index (χ0v) is 11.0. The lowest BCUT2D eigenvalue weighted by Gasteiger charge is -2.09. The van der Waals surface area contributed by atoms with Gasteiger partial charge in [-0.3, -0.25) is 4.79 Å². The van der Waals surface area contributed by atoms with Crippen LogP contribution in [0.2, 0.25) is 0 Å². The predicted octanol–water partition coefficient (Wildman–Crippen LogP) is 4.01. The molecule has 0 radical (unpaired) electrons. The molecule has 1 aromatic heterocycles. The maximum Gasteiger partial charge on any atom is 0.416 e. The molecule has 0 saturated heterocycles. The minimum atomic E-state index is -4.40. The van der Waals surface area contributed by atoms with Crippen molar-refractivity contribution < 1.29 is 18.0 Å². The van der Waals surface area contributed by atoms with Crippen LogP contribution in [0.3, 0.4) is 0 Å². The van der Waals surface area contributed by atoms with E-state index in [9.17, 15) is 18.0 Å². The SMILES string of the molecule is Cc1ncc(C(=O)c2ccc(C(F)(F)F)cc2C)s1. The normalized spacial score (nSPS) is 11.6. The fourth-order valence-electron chi connectivity index (χ4n) is 1.69. The number of nitrogens with zero attached hydrogens (tertiary/aromatic N) is 1. The summed E-state index contributed by atoms with van der Waals surface area (Å²) in [5.74, 6) is -0.295. The first-order chi connectivity index (χ1) is 8.79. The standard InChI is InChI=1S/C13H10F3NOS/c1-7-5-9(13(14,15)16)3-4-10(7)12(18)11-6-17-8(2)19-11/h3-6H,1-2H3. The van der Waals surface area contributed by atoms with E-state index in [1.807, 2.05) is 0 Å². The van der Waals surface area contributed by atoms with Gasteiger partial charge in [0.05, 0.1) is 15.4 Å². The number of rotatable bonds is 2. The van der Waals surface area contributed by atoms with Crippen LogP contribution in [-0.4, -0.2) is 10.8 Å². The molecule has 19 heavy (non-hydrogen) atoms. The van der Waals surface area contributed by atoms with Crippen molar-refractivity contribution in [2.45, 2.75) is 20.0 Å². The van der Waals surface area contributed by atoms with Gasteiger partial charge >= 0.3 is 6.18 Å². The minimum Gasteiger partial charge on any atom is -0.288 e. The third-order valence-electron chi connectivity index (χ3n) is 2.64.